The predicted molar refractivity (Wildman–Crippen MR) is 68.2 cm³/mol. The van der Waals surface area contributed by atoms with Crippen molar-refractivity contribution in [3.05, 3.63) is 58.6 Å². The van der Waals surface area contributed by atoms with Crippen LogP contribution >= 0.6 is 11.6 Å². The topological polar surface area (TPSA) is 48.1 Å². The molecule has 2 N–H and O–H groups in total. The molecule has 0 aliphatic rings. The van der Waals surface area contributed by atoms with Gasteiger partial charge in [0, 0.05) is 12.4 Å². The fourth-order valence-corrected chi connectivity index (χ4v) is 1.93. The monoisotopic (exact) mass is 266 g/mol. The first-order valence-corrected chi connectivity index (χ1v) is 5.69. The van der Waals surface area contributed by atoms with Crippen LogP contribution in [0, 0.1) is 5.82 Å². The van der Waals surface area contributed by atoms with E-state index < -0.39 is 11.9 Å². The minimum Gasteiger partial charge on any atom is -0.494 e. The smallest absolute Gasteiger partial charge is 0.165 e. The Kier molecular flexibility index (Phi) is 3.79. The molecular formula is C13H12ClFN2O. The maximum absolute atomic E-state index is 13.6. The van der Waals surface area contributed by atoms with E-state index in [1.807, 2.05) is 0 Å². The largest absolute Gasteiger partial charge is 0.494 e. The lowest BCUT2D eigenvalue weighted by Gasteiger charge is -2.14. The lowest BCUT2D eigenvalue weighted by molar-refractivity contribution is 0.386. The molecule has 0 saturated heterocycles. The molecule has 94 valence electrons. The standard InChI is InChI=1S/C13H12ClFN2O/c1-18-12-3-2-8(6-11(12)15)13(16)9-4-5-17-7-10(9)14/h2-7,13H,16H2,1H3. The number of hydrogen-bond donors (Lipinski definition) is 1. The van der Waals surface area contributed by atoms with Crippen LogP contribution in [-0.4, -0.2) is 12.1 Å². The molecular weight excluding hydrogens is 255 g/mol. The highest BCUT2D eigenvalue weighted by Gasteiger charge is 2.14. The molecule has 0 saturated carbocycles. The fraction of sp³-hybridized carbons (Fsp3) is 0.154. The second-order valence-electron chi connectivity index (χ2n) is 3.77. The summed E-state index contributed by atoms with van der Waals surface area (Å²) in [5.41, 5.74) is 7.39. The van der Waals surface area contributed by atoms with E-state index in [4.69, 9.17) is 22.1 Å². The highest BCUT2D eigenvalue weighted by molar-refractivity contribution is 6.31. The second kappa shape index (κ2) is 5.33. The summed E-state index contributed by atoms with van der Waals surface area (Å²) in [7, 11) is 1.41. The first kappa shape index (κ1) is 12.8. The number of rotatable bonds is 3. The molecule has 1 unspecified atom stereocenters. The highest BCUT2D eigenvalue weighted by Crippen LogP contribution is 2.28. The van der Waals surface area contributed by atoms with Gasteiger partial charge >= 0.3 is 0 Å². The fourth-order valence-electron chi connectivity index (χ4n) is 1.69. The zero-order chi connectivity index (χ0) is 13.1. The third kappa shape index (κ3) is 2.44. The lowest BCUT2D eigenvalue weighted by atomic mass is 10.0. The summed E-state index contributed by atoms with van der Waals surface area (Å²) in [5, 5.41) is 0.459. The predicted octanol–water partition coefficient (Wildman–Crippen LogP) is 2.93. The molecule has 1 heterocycles. The zero-order valence-electron chi connectivity index (χ0n) is 9.73. The number of nitrogens with zero attached hydrogens (tertiary/aromatic N) is 1. The first-order valence-electron chi connectivity index (χ1n) is 5.32. The molecule has 0 fully saturated rings. The van der Waals surface area contributed by atoms with E-state index in [1.54, 1.807) is 24.4 Å². The number of aromatic nitrogens is 1. The normalized spacial score (nSPS) is 12.2. The molecule has 1 aromatic carbocycles. The molecule has 0 amide bonds. The Morgan fingerprint density at radius 3 is 2.78 bits per heavy atom. The van der Waals surface area contributed by atoms with E-state index in [9.17, 15) is 4.39 Å². The third-order valence-corrected chi connectivity index (χ3v) is 2.99. The molecule has 18 heavy (non-hydrogen) atoms. The van der Waals surface area contributed by atoms with Crippen LogP contribution in [0.15, 0.2) is 36.7 Å². The van der Waals surface area contributed by atoms with Gasteiger partial charge in [0.1, 0.15) is 0 Å². The first-order chi connectivity index (χ1) is 8.63. The Labute approximate surface area is 109 Å². The minimum atomic E-state index is -0.499. The lowest BCUT2D eigenvalue weighted by Crippen LogP contribution is -2.13. The summed E-state index contributed by atoms with van der Waals surface area (Å²) < 4.78 is 18.5. The summed E-state index contributed by atoms with van der Waals surface area (Å²) >= 11 is 6.01. The van der Waals surface area contributed by atoms with Gasteiger partial charge in [0.2, 0.25) is 0 Å². The van der Waals surface area contributed by atoms with E-state index >= 15 is 0 Å². The molecule has 3 nitrogen and oxygen atoms in total. The Morgan fingerprint density at radius 2 is 2.17 bits per heavy atom. The molecule has 2 rings (SSSR count). The molecule has 1 aromatic heterocycles. The van der Waals surface area contributed by atoms with Crippen molar-refractivity contribution in [1.82, 2.24) is 4.98 Å². The van der Waals surface area contributed by atoms with Gasteiger partial charge in [0.15, 0.2) is 11.6 Å². The quantitative estimate of drug-likeness (QED) is 0.929. The number of pyridine rings is 1. The van der Waals surface area contributed by atoms with E-state index in [0.717, 1.165) is 0 Å². The van der Waals surface area contributed by atoms with Crippen LogP contribution in [0.1, 0.15) is 17.2 Å². The summed E-state index contributed by atoms with van der Waals surface area (Å²) in [6.07, 6.45) is 3.11. The molecule has 2 aromatic rings. The highest BCUT2D eigenvalue weighted by atomic mass is 35.5. The van der Waals surface area contributed by atoms with Gasteiger partial charge in [0.05, 0.1) is 18.2 Å². The Hall–Kier alpha value is -1.65. The Morgan fingerprint density at radius 1 is 1.39 bits per heavy atom. The summed E-state index contributed by atoms with van der Waals surface area (Å²) in [6.45, 7) is 0. The van der Waals surface area contributed by atoms with Crippen LogP contribution in [0.3, 0.4) is 0 Å². The SMILES string of the molecule is COc1ccc(C(N)c2ccncc2Cl)cc1F. The number of halogens is 2. The number of ether oxygens (including phenoxy) is 1. The maximum Gasteiger partial charge on any atom is 0.165 e. The van der Waals surface area contributed by atoms with E-state index in [-0.39, 0.29) is 5.75 Å². The van der Waals surface area contributed by atoms with Gasteiger partial charge in [-0.1, -0.05) is 17.7 Å². The van der Waals surface area contributed by atoms with Gasteiger partial charge in [-0.25, -0.2) is 4.39 Å². The maximum atomic E-state index is 13.6. The number of benzene rings is 1. The van der Waals surface area contributed by atoms with Crippen molar-refractivity contribution in [2.45, 2.75) is 6.04 Å². The van der Waals surface area contributed by atoms with Gasteiger partial charge in [-0.05, 0) is 29.3 Å². The van der Waals surface area contributed by atoms with Crippen molar-refractivity contribution in [2.24, 2.45) is 5.73 Å². The number of hydrogen-bond acceptors (Lipinski definition) is 3. The van der Waals surface area contributed by atoms with Crippen LogP contribution in [0.4, 0.5) is 4.39 Å². The number of methoxy groups -OCH3 is 1. The molecule has 0 spiro atoms. The van der Waals surface area contributed by atoms with Crippen LogP contribution < -0.4 is 10.5 Å². The zero-order valence-corrected chi connectivity index (χ0v) is 10.5. The summed E-state index contributed by atoms with van der Waals surface area (Å²) in [6, 6.07) is 5.82. The van der Waals surface area contributed by atoms with Gasteiger partial charge < -0.3 is 10.5 Å². The van der Waals surface area contributed by atoms with Gasteiger partial charge in [0.25, 0.3) is 0 Å². The average Bonchev–Trinajstić information content (AvgIpc) is 2.38. The Bertz CT molecular complexity index is 562. The minimum absolute atomic E-state index is 0.187. The van der Waals surface area contributed by atoms with Crippen molar-refractivity contribution < 1.29 is 9.13 Å². The van der Waals surface area contributed by atoms with Crippen LogP contribution in [0.25, 0.3) is 0 Å². The molecule has 1 atom stereocenters. The van der Waals surface area contributed by atoms with Gasteiger partial charge in [-0.15, -0.1) is 0 Å². The summed E-state index contributed by atoms with van der Waals surface area (Å²) in [5.74, 6) is -0.262. The second-order valence-corrected chi connectivity index (χ2v) is 4.18. The van der Waals surface area contributed by atoms with Crippen LogP contribution in [0.5, 0.6) is 5.75 Å². The van der Waals surface area contributed by atoms with Crippen LogP contribution in [-0.2, 0) is 0 Å². The van der Waals surface area contributed by atoms with Crippen molar-refractivity contribution in [1.29, 1.82) is 0 Å². The van der Waals surface area contributed by atoms with E-state index in [1.165, 1.54) is 19.4 Å². The molecule has 5 heteroatoms. The van der Waals surface area contributed by atoms with E-state index in [0.29, 0.717) is 16.1 Å². The van der Waals surface area contributed by atoms with Gasteiger partial charge in [-0.2, -0.15) is 0 Å². The molecule has 0 aliphatic heterocycles. The van der Waals surface area contributed by atoms with Crippen molar-refractivity contribution in [3.63, 3.8) is 0 Å². The van der Waals surface area contributed by atoms with E-state index in [2.05, 4.69) is 4.98 Å². The molecule has 0 aliphatic carbocycles. The van der Waals surface area contributed by atoms with Crippen LogP contribution in [0.2, 0.25) is 5.02 Å². The Balaban J connectivity index is 2.37. The average molecular weight is 267 g/mol. The van der Waals surface area contributed by atoms with Gasteiger partial charge in [-0.3, -0.25) is 4.98 Å². The van der Waals surface area contributed by atoms with Crippen molar-refractivity contribution >= 4 is 11.6 Å². The third-order valence-electron chi connectivity index (χ3n) is 2.67. The summed E-state index contributed by atoms with van der Waals surface area (Å²) in [4.78, 5) is 3.88. The van der Waals surface area contributed by atoms with Crippen molar-refractivity contribution in [3.8, 4) is 5.75 Å². The molecule has 0 radical (unpaired) electrons. The van der Waals surface area contributed by atoms with Crippen molar-refractivity contribution in [2.75, 3.05) is 7.11 Å². The molecule has 0 bridgehead atoms. The number of nitrogens with two attached hydrogens (primary N) is 1.